The summed E-state index contributed by atoms with van der Waals surface area (Å²) in [5.41, 5.74) is 0.384. The molecule has 0 aromatic rings. The molecule has 2 saturated heterocycles. The molecule has 3 atom stereocenters. The summed E-state index contributed by atoms with van der Waals surface area (Å²) in [5.74, 6) is 0. The van der Waals surface area contributed by atoms with Crippen LogP contribution in [-0.4, -0.2) is 25.4 Å². The molecule has 2 aliphatic heterocycles. The van der Waals surface area contributed by atoms with Gasteiger partial charge in [-0.3, -0.25) is 0 Å². The van der Waals surface area contributed by atoms with Gasteiger partial charge in [-0.1, -0.05) is 13.8 Å². The molecule has 2 aliphatic rings. The van der Waals surface area contributed by atoms with E-state index >= 15 is 0 Å². The van der Waals surface area contributed by atoms with Crippen molar-refractivity contribution in [3.05, 3.63) is 0 Å². The third-order valence-corrected chi connectivity index (χ3v) is 3.63. The highest BCUT2D eigenvalue weighted by Gasteiger charge is 2.49. The summed E-state index contributed by atoms with van der Waals surface area (Å²) >= 11 is 0. The predicted octanol–water partition coefficient (Wildman–Crippen LogP) is 2.37. The minimum absolute atomic E-state index is 0.384. The van der Waals surface area contributed by atoms with Crippen molar-refractivity contribution >= 4 is 0 Å². The smallest absolute Gasteiger partial charge is 0.0656 e. The molecular weight excluding hydrogens is 164 g/mol. The van der Waals surface area contributed by atoms with Crippen LogP contribution in [0.2, 0.25) is 0 Å². The van der Waals surface area contributed by atoms with Gasteiger partial charge in [-0.05, 0) is 25.7 Å². The first-order valence-electron chi connectivity index (χ1n) is 5.54. The van der Waals surface area contributed by atoms with Crippen LogP contribution in [0.4, 0.5) is 0 Å². The van der Waals surface area contributed by atoms with Crippen molar-refractivity contribution < 1.29 is 9.47 Å². The van der Waals surface area contributed by atoms with Gasteiger partial charge in [0.05, 0.1) is 18.8 Å². The predicted molar refractivity (Wildman–Crippen MR) is 51.7 cm³/mol. The second kappa shape index (κ2) is 3.58. The highest BCUT2D eigenvalue weighted by molar-refractivity contribution is 4.97. The Kier molecular flexibility index (Phi) is 2.61. The number of hydrogen-bond donors (Lipinski definition) is 0. The zero-order chi connectivity index (χ0) is 9.31. The van der Waals surface area contributed by atoms with E-state index in [1.54, 1.807) is 0 Å². The molecule has 2 fully saturated rings. The van der Waals surface area contributed by atoms with Gasteiger partial charge in [0, 0.05) is 12.0 Å². The van der Waals surface area contributed by atoms with Crippen molar-refractivity contribution in [2.45, 2.75) is 51.7 Å². The van der Waals surface area contributed by atoms with Gasteiger partial charge in [0.15, 0.2) is 0 Å². The maximum atomic E-state index is 6.02. The van der Waals surface area contributed by atoms with Crippen LogP contribution >= 0.6 is 0 Å². The maximum Gasteiger partial charge on any atom is 0.0656 e. The summed E-state index contributed by atoms with van der Waals surface area (Å²) < 4.78 is 11.5. The van der Waals surface area contributed by atoms with Gasteiger partial charge in [0.25, 0.3) is 0 Å². The normalized spacial score (nSPS) is 44.8. The zero-order valence-electron chi connectivity index (χ0n) is 8.71. The summed E-state index contributed by atoms with van der Waals surface area (Å²) in [4.78, 5) is 0. The van der Waals surface area contributed by atoms with Crippen molar-refractivity contribution in [1.82, 2.24) is 0 Å². The average molecular weight is 184 g/mol. The fourth-order valence-electron chi connectivity index (χ4n) is 2.82. The van der Waals surface area contributed by atoms with Crippen molar-refractivity contribution in [1.29, 1.82) is 0 Å². The van der Waals surface area contributed by atoms with E-state index in [2.05, 4.69) is 13.8 Å². The standard InChI is InChI=1S/C11H20O2/c1-3-9-7-11(5-6-12-8-11)10(4-2)13-9/h9-10H,3-8H2,1-2H3. The van der Waals surface area contributed by atoms with Crippen molar-refractivity contribution in [3.8, 4) is 0 Å². The molecular formula is C11H20O2. The van der Waals surface area contributed by atoms with Crippen LogP contribution in [0.3, 0.4) is 0 Å². The SMILES string of the molecule is CCC1CC2(CCOC2)C(CC)O1. The molecule has 0 bridgehead atoms. The summed E-state index contributed by atoms with van der Waals surface area (Å²) in [6, 6.07) is 0. The van der Waals surface area contributed by atoms with Crippen LogP contribution in [0.25, 0.3) is 0 Å². The molecule has 1 spiro atoms. The van der Waals surface area contributed by atoms with Gasteiger partial charge in [0.2, 0.25) is 0 Å². The molecule has 3 unspecified atom stereocenters. The van der Waals surface area contributed by atoms with Gasteiger partial charge in [-0.15, -0.1) is 0 Å². The van der Waals surface area contributed by atoms with Crippen LogP contribution in [0.1, 0.15) is 39.5 Å². The lowest BCUT2D eigenvalue weighted by Crippen LogP contribution is -2.30. The molecule has 2 heteroatoms. The first-order chi connectivity index (χ1) is 6.30. The first kappa shape index (κ1) is 9.47. The molecule has 13 heavy (non-hydrogen) atoms. The van der Waals surface area contributed by atoms with Gasteiger partial charge < -0.3 is 9.47 Å². The highest BCUT2D eigenvalue weighted by atomic mass is 16.5. The Hall–Kier alpha value is -0.0800. The van der Waals surface area contributed by atoms with Crippen LogP contribution in [0.15, 0.2) is 0 Å². The van der Waals surface area contributed by atoms with Crippen LogP contribution in [0, 0.1) is 5.41 Å². The van der Waals surface area contributed by atoms with Crippen LogP contribution in [0.5, 0.6) is 0 Å². The van der Waals surface area contributed by atoms with E-state index in [1.807, 2.05) is 0 Å². The van der Waals surface area contributed by atoms with Crippen LogP contribution in [-0.2, 0) is 9.47 Å². The fourth-order valence-corrected chi connectivity index (χ4v) is 2.82. The molecule has 2 nitrogen and oxygen atoms in total. The van der Waals surface area contributed by atoms with E-state index in [0.717, 1.165) is 26.1 Å². The lowest BCUT2D eigenvalue weighted by atomic mass is 9.78. The Morgan fingerprint density at radius 3 is 2.69 bits per heavy atom. The molecule has 0 aliphatic carbocycles. The fraction of sp³-hybridized carbons (Fsp3) is 1.00. The minimum Gasteiger partial charge on any atom is -0.381 e. The second-order valence-corrected chi connectivity index (χ2v) is 4.43. The number of hydrogen-bond acceptors (Lipinski definition) is 2. The number of rotatable bonds is 2. The third-order valence-electron chi connectivity index (χ3n) is 3.63. The van der Waals surface area contributed by atoms with E-state index in [9.17, 15) is 0 Å². The topological polar surface area (TPSA) is 18.5 Å². The molecule has 0 aromatic carbocycles. The molecule has 0 amide bonds. The van der Waals surface area contributed by atoms with Crippen molar-refractivity contribution in [2.24, 2.45) is 5.41 Å². The Labute approximate surface area is 80.6 Å². The van der Waals surface area contributed by atoms with Crippen LogP contribution < -0.4 is 0 Å². The van der Waals surface area contributed by atoms with Gasteiger partial charge in [0.1, 0.15) is 0 Å². The molecule has 2 rings (SSSR count). The summed E-state index contributed by atoms with van der Waals surface area (Å²) in [7, 11) is 0. The summed E-state index contributed by atoms with van der Waals surface area (Å²) in [6.07, 6.45) is 5.67. The van der Waals surface area contributed by atoms with Crippen molar-refractivity contribution in [3.63, 3.8) is 0 Å². The number of ether oxygens (including phenoxy) is 2. The lowest BCUT2D eigenvalue weighted by molar-refractivity contribution is 0.00470. The van der Waals surface area contributed by atoms with Gasteiger partial charge in [-0.25, -0.2) is 0 Å². The van der Waals surface area contributed by atoms with E-state index in [0.29, 0.717) is 17.6 Å². The largest absolute Gasteiger partial charge is 0.381 e. The third kappa shape index (κ3) is 1.50. The van der Waals surface area contributed by atoms with E-state index < -0.39 is 0 Å². The molecule has 0 radical (unpaired) electrons. The monoisotopic (exact) mass is 184 g/mol. The molecule has 0 N–H and O–H groups in total. The second-order valence-electron chi connectivity index (χ2n) is 4.43. The van der Waals surface area contributed by atoms with Gasteiger partial charge in [-0.2, -0.15) is 0 Å². The Morgan fingerprint density at radius 1 is 1.31 bits per heavy atom. The van der Waals surface area contributed by atoms with Crippen molar-refractivity contribution in [2.75, 3.05) is 13.2 Å². The van der Waals surface area contributed by atoms with E-state index in [4.69, 9.17) is 9.47 Å². The molecule has 0 aromatic heterocycles. The zero-order valence-corrected chi connectivity index (χ0v) is 8.71. The quantitative estimate of drug-likeness (QED) is 0.656. The Bertz CT molecular complexity index is 173. The van der Waals surface area contributed by atoms with E-state index in [-0.39, 0.29) is 0 Å². The molecule has 2 heterocycles. The molecule has 0 saturated carbocycles. The summed E-state index contributed by atoms with van der Waals surface area (Å²) in [5, 5.41) is 0. The van der Waals surface area contributed by atoms with E-state index in [1.165, 1.54) is 12.8 Å². The lowest BCUT2D eigenvalue weighted by Gasteiger charge is -2.26. The summed E-state index contributed by atoms with van der Waals surface area (Å²) in [6.45, 7) is 6.31. The maximum absolute atomic E-state index is 6.02. The minimum atomic E-state index is 0.384. The van der Waals surface area contributed by atoms with Gasteiger partial charge >= 0.3 is 0 Å². The average Bonchev–Trinajstić information content (AvgIpc) is 2.74. The Balaban J connectivity index is 2.08. The molecule has 76 valence electrons. The Morgan fingerprint density at radius 2 is 2.15 bits per heavy atom. The first-order valence-corrected chi connectivity index (χ1v) is 5.54. The highest BCUT2D eigenvalue weighted by Crippen LogP contribution is 2.46.